The second kappa shape index (κ2) is 6.29. The maximum absolute atomic E-state index is 12.4. The van der Waals surface area contributed by atoms with Crippen molar-refractivity contribution in [1.82, 2.24) is 4.90 Å². The fourth-order valence-corrected chi connectivity index (χ4v) is 2.91. The van der Waals surface area contributed by atoms with Gasteiger partial charge in [0.15, 0.2) is 0 Å². The first-order valence-corrected chi connectivity index (χ1v) is 7.34. The van der Waals surface area contributed by atoms with Crippen LogP contribution in [0.15, 0.2) is 18.2 Å². The molecule has 1 saturated heterocycles. The molecule has 0 spiro atoms. The van der Waals surface area contributed by atoms with Crippen LogP contribution in [0, 0.1) is 5.92 Å². The zero-order chi connectivity index (χ0) is 13.8. The van der Waals surface area contributed by atoms with Gasteiger partial charge in [-0.3, -0.25) is 4.79 Å². The van der Waals surface area contributed by atoms with Gasteiger partial charge < -0.3 is 10.6 Å². The van der Waals surface area contributed by atoms with Gasteiger partial charge in [-0.15, -0.1) is 0 Å². The van der Waals surface area contributed by atoms with Gasteiger partial charge in [0.2, 0.25) is 0 Å². The summed E-state index contributed by atoms with van der Waals surface area (Å²) < 4.78 is 0. The number of carbonyl (C=O) groups excluding carboxylic acids is 1. The third-order valence-corrected chi connectivity index (χ3v) is 4.15. The molecule has 0 aliphatic carbocycles. The van der Waals surface area contributed by atoms with Crippen LogP contribution < -0.4 is 5.73 Å². The zero-order valence-electron chi connectivity index (χ0n) is 11.4. The number of nitrogen functional groups attached to an aromatic ring is 1. The summed E-state index contributed by atoms with van der Waals surface area (Å²) in [5, 5.41) is 0.481. The third kappa shape index (κ3) is 3.41. The molecular formula is C15H21ClN2O. The van der Waals surface area contributed by atoms with Crippen molar-refractivity contribution in [3.05, 3.63) is 28.8 Å². The average molecular weight is 281 g/mol. The van der Waals surface area contributed by atoms with E-state index in [0.717, 1.165) is 31.8 Å². The lowest BCUT2D eigenvalue weighted by atomic mass is 9.92. The summed E-state index contributed by atoms with van der Waals surface area (Å²) in [6, 6.07) is 5.07. The Morgan fingerprint density at radius 2 is 2.11 bits per heavy atom. The van der Waals surface area contributed by atoms with Crippen molar-refractivity contribution in [3.63, 3.8) is 0 Å². The van der Waals surface area contributed by atoms with Gasteiger partial charge in [0.25, 0.3) is 5.91 Å². The Kier molecular flexibility index (Phi) is 4.70. The molecule has 1 aliphatic rings. The van der Waals surface area contributed by atoms with Gasteiger partial charge in [0, 0.05) is 18.8 Å². The molecular weight excluding hydrogens is 260 g/mol. The molecule has 104 valence electrons. The maximum Gasteiger partial charge on any atom is 0.255 e. The molecule has 2 N–H and O–H groups in total. The number of likely N-dealkylation sites (tertiary alicyclic amines) is 1. The molecule has 1 aromatic rings. The Morgan fingerprint density at radius 1 is 1.42 bits per heavy atom. The van der Waals surface area contributed by atoms with Gasteiger partial charge >= 0.3 is 0 Å². The first-order chi connectivity index (χ1) is 9.11. The van der Waals surface area contributed by atoms with Crippen molar-refractivity contribution in [3.8, 4) is 0 Å². The molecule has 0 radical (unpaired) electrons. The topological polar surface area (TPSA) is 46.3 Å². The molecule has 0 bridgehead atoms. The Balaban J connectivity index is 2.03. The maximum atomic E-state index is 12.4. The van der Waals surface area contributed by atoms with Crippen LogP contribution in [-0.2, 0) is 0 Å². The number of anilines is 1. The van der Waals surface area contributed by atoms with Crippen LogP contribution in [-0.4, -0.2) is 23.9 Å². The van der Waals surface area contributed by atoms with E-state index in [4.69, 9.17) is 17.3 Å². The third-order valence-electron chi connectivity index (χ3n) is 3.82. The normalized spacial score (nSPS) is 16.6. The molecule has 4 heteroatoms. The lowest BCUT2D eigenvalue weighted by Gasteiger charge is -2.32. The van der Waals surface area contributed by atoms with Crippen LogP contribution in [0.3, 0.4) is 0 Å². The summed E-state index contributed by atoms with van der Waals surface area (Å²) in [6.45, 7) is 3.87. The number of nitrogens with two attached hydrogens (primary N) is 1. The Labute approximate surface area is 119 Å². The minimum atomic E-state index is 0.00671. The smallest absolute Gasteiger partial charge is 0.255 e. The fraction of sp³-hybridized carbons (Fsp3) is 0.533. The number of piperidine rings is 1. The van der Waals surface area contributed by atoms with Crippen molar-refractivity contribution in [1.29, 1.82) is 0 Å². The van der Waals surface area contributed by atoms with Crippen LogP contribution in [0.4, 0.5) is 5.69 Å². The van der Waals surface area contributed by atoms with E-state index in [9.17, 15) is 4.79 Å². The monoisotopic (exact) mass is 280 g/mol. The summed E-state index contributed by atoms with van der Waals surface area (Å²) >= 11 is 6.09. The minimum absolute atomic E-state index is 0.00671. The van der Waals surface area contributed by atoms with Gasteiger partial charge in [0.05, 0.1) is 10.6 Å². The summed E-state index contributed by atoms with van der Waals surface area (Å²) in [5.74, 6) is 0.776. The average Bonchev–Trinajstić information content (AvgIpc) is 2.42. The highest BCUT2D eigenvalue weighted by atomic mass is 35.5. The van der Waals surface area contributed by atoms with E-state index in [1.165, 1.54) is 12.8 Å². The minimum Gasteiger partial charge on any atom is -0.399 e. The van der Waals surface area contributed by atoms with Crippen LogP contribution in [0.2, 0.25) is 5.02 Å². The Hall–Kier alpha value is -1.22. The van der Waals surface area contributed by atoms with E-state index in [2.05, 4.69) is 6.92 Å². The molecule has 1 aromatic carbocycles. The number of rotatable bonds is 3. The Morgan fingerprint density at radius 3 is 2.74 bits per heavy atom. The largest absolute Gasteiger partial charge is 0.399 e. The van der Waals surface area contributed by atoms with Crippen LogP contribution in [0.1, 0.15) is 43.0 Å². The van der Waals surface area contributed by atoms with Crippen molar-refractivity contribution < 1.29 is 4.79 Å². The number of halogens is 1. The molecule has 0 unspecified atom stereocenters. The first-order valence-electron chi connectivity index (χ1n) is 6.96. The molecule has 1 fully saturated rings. The van der Waals surface area contributed by atoms with Crippen molar-refractivity contribution >= 4 is 23.2 Å². The van der Waals surface area contributed by atoms with E-state index < -0.39 is 0 Å². The number of amides is 1. The number of hydrogen-bond acceptors (Lipinski definition) is 2. The molecule has 1 amide bonds. The molecule has 19 heavy (non-hydrogen) atoms. The van der Waals surface area contributed by atoms with E-state index >= 15 is 0 Å². The lowest BCUT2D eigenvalue weighted by molar-refractivity contribution is 0.0687. The standard InChI is InChI=1S/C15H21ClN2O/c1-2-3-11-6-8-18(9-7-11)15(19)13-10-12(17)4-5-14(13)16/h4-5,10-11H,2-3,6-9,17H2,1H3. The molecule has 0 atom stereocenters. The van der Waals surface area contributed by atoms with Gasteiger partial charge in [0.1, 0.15) is 0 Å². The van der Waals surface area contributed by atoms with E-state index in [-0.39, 0.29) is 5.91 Å². The van der Waals surface area contributed by atoms with Crippen molar-refractivity contribution in [2.75, 3.05) is 18.8 Å². The number of benzene rings is 1. The van der Waals surface area contributed by atoms with Gasteiger partial charge in [-0.25, -0.2) is 0 Å². The summed E-state index contributed by atoms with van der Waals surface area (Å²) in [7, 11) is 0. The molecule has 0 aromatic heterocycles. The Bertz CT molecular complexity index is 453. The molecule has 2 rings (SSSR count). The van der Waals surface area contributed by atoms with Crippen LogP contribution >= 0.6 is 11.6 Å². The summed E-state index contributed by atoms with van der Waals surface area (Å²) in [5.41, 5.74) is 6.83. The highest BCUT2D eigenvalue weighted by Gasteiger charge is 2.24. The number of nitrogens with zero attached hydrogens (tertiary/aromatic N) is 1. The fourth-order valence-electron chi connectivity index (χ4n) is 2.71. The second-order valence-electron chi connectivity index (χ2n) is 5.26. The predicted molar refractivity (Wildman–Crippen MR) is 79.4 cm³/mol. The first kappa shape index (κ1) is 14.2. The van der Waals surface area contributed by atoms with E-state index in [1.54, 1.807) is 18.2 Å². The predicted octanol–water partition coefficient (Wildman–Crippen LogP) is 3.57. The highest BCUT2D eigenvalue weighted by molar-refractivity contribution is 6.34. The number of hydrogen-bond donors (Lipinski definition) is 1. The molecule has 3 nitrogen and oxygen atoms in total. The number of carbonyl (C=O) groups is 1. The summed E-state index contributed by atoms with van der Waals surface area (Å²) in [6.07, 6.45) is 4.68. The van der Waals surface area contributed by atoms with Crippen molar-refractivity contribution in [2.45, 2.75) is 32.6 Å². The van der Waals surface area contributed by atoms with Gasteiger partial charge in [-0.1, -0.05) is 31.4 Å². The molecule has 1 heterocycles. The molecule has 1 aliphatic heterocycles. The van der Waals surface area contributed by atoms with E-state index in [0.29, 0.717) is 16.3 Å². The van der Waals surface area contributed by atoms with E-state index in [1.807, 2.05) is 4.90 Å². The van der Waals surface area contributed by atoms with Gasteiger partial charge in [-0.05, 0) is 37.0 Å². The van der Waals surface area contributed by atoms with Crippen LogP contribution in [0.5, 0.6) is 0 Å². The molecule has 0 saturated carbocycles. The van der Waals surface area contributed by atoms with Crippen LogP contribution in [0.25, 0.3) is 0 Å². The summed E-state index contributed by atoms with van der Waals surface area (Å²) in [4.78, 5) is 14.3. The quantitative estimate of drug-likeness (QED) is 0.860. The zero-order valence-corrected chi connectivity index (χ0v) is 12.1. The second-order valence-corrected chi connectivity index (χ2v) is 5.67. The van der Waals surface area contributed by atoms with Gasteiger partial charge in [-0.2, -0.15) is 0 Å². The highest BCUT2D eigenvalue weighted by Crippen LogP contribution is 2.25. The lowest BCUT2D eigenvalue weighted by Crippen LogP contribution is -2.38. The SMILES string of the molecule is CCCC1CCN(C(=O)c2cc(N)ccc2Cl)CC1. The van der Waals surface area contributed by atoms with Crippen molar-refractivity contribution in [2.24, 2.45) is 5.92 Å².